The molecule has 4 rings (SSSR count). The third kappa shape index (κ3) is 6.97. The van der Waals surface area contributed by atoms with Crippen molar-refractivity contribution in [2.75, 3.05) is 22.1 Å². The maximum Gasteiger partial charge on any atom is 0.416 e. The van der Waals surface area contributed by atoms with Crippen LogP contribution in [0, 0.1) is 13.8 Å². The molecule has 0 saturated heterocycles. The SMILES string of the molecule is Cc1c(NC[C@@H](C)Nc2cnc(C(=O)N(c3ccccc3)C(C)C)cn2)nnc(-c2ccc(C(F)(F)F)cc2)c1C. The van der Waals surface area contributed by atoms with Gasteiger partial charge in [0, 0.05) is 29.9 Å². The lowest BCUT2D eigenvalue weighted by atomic mass is 10.0. The monoisotopic (exact) mass is 563 g/mol. The summed E-state index contributed by atoms with van der Waals surface area (Å²) in [7, 11) is 0. The van der Waals surface area contributed by atoms with Crippen LogP contribution >= 0.6 is 0 Å². The van der Waals surface area contributed by atoms with Crippen molar-refractivity contribution in [3.63, 3.8) is 0 Å². The van der Waals surface area contributed by atoms with Gasteiger partial charge in [0.2, 0.25) is 0 Å². The third-order valence-electron chi connectivity index (χ3n) is 6.62. The molecule has 2 aromatic carbocycles. The van der Waals surface area contributed by atoms with Crippen LogP contribution in [0.5, 0.6) is 0 Å². The number of aromatic nitrogens is 4. The summed E-state index contributed by atoms with van der Waals surface area (Å²) in [5, 5.41) is 15.0. The number of nitrogens with one attached hydrogen (secondary N) is 2. The molecular formula is C30H32F3N7O. The Hall–Kier alpha value is -4.54. The minimum absolute atomic E-state index is 0.0604. The molecule has 41 heavy (non-hydrogen) atoms. The maximum atomic E-state index is 13.1. The van der Waals surface area contributed by atoms with E-state index in [1.54, 1.807) is 4.90 Å². The number of hydrogen-bond acceptors (Lipinski definition) is 7. The predicted molar refractivity (Wildman–Crippen MR) is 154 cm³/mol. The molecule has 0 bridgehead atoms. The molecule has 0 aliphatic carbocycles. The van der Waals surface area contributed by atoms with Crippen molar-refractivity contribution in [2.24, 2.45) is 0 Å². The predicted octanol–water partition coefficient (Wildman–Crippen LogP) is 6.54. The second-order valence-corrected chi connectivity index (χ2v) is 10.0. The first kappa shape index (κ1) is 29.4. The number of halogens is 3. The Bertz CT molecular complexity index is 1480. The van der Waals surface area contributed by atoms with E-state index in [2.05, 4.69) is 30.8 Å². The number of benzene rings is 2. The number of alkyl halides is 3. The lowest BCUT2D eigenvalue weighted by Gasteiger charge is -2.26. The zero-order valence-corrected chi connectivity index (χ0v) is 23.5. The average molecular weight is 564 g/mol. The summed E-state index contributed by atoms with van der Waals surface area (Å²) in [6.45, 7) is 10.1. The highest BCUT2D eigenvalue weighted by molar-refractivity contribution is 6.05. The molecule has 0 spiro atoms. The highest BCUT2D eigenvalue weighted by Gasteiger charge is 2.30. The van der Waals surface area contributed by atoms with Gasteiger partial charge in [-0.2, -0.15) is 13.2 Å². The minimum Gasteiger partial charge on any atom is -0.366 e. The molecule has 0 unspecified atom stereocenters. The highest BCUT2D eigenvalue weighted by Crippen LogP contribution is 2.32. The first-order chi connectivity index (χ1) is 19.5. The molecule has 0 saturated carbocycles. The van der Waals surface area contributed by atoms with Gasteiger partial charge in [-0.05, 0) is 70.0 Å². The molecule has 11 heteroatoms. The van der Waals surface area contributed by atoms with Crippen molar-refractivity contribution in [3.8, 4) is 11.3 Å². The number of nitrogens with zero attached hydrogens (tertiary/aromatic N) is 5. The van der Waals surface area contributed by atoms with E-state index in [1.165, 1.54) is 24.5 Å². The summed E-state index contributed by atoms with van der Waals surface area (Å²) in [4.78, 5) is 23.5. The zero-order valence-electron chi connectivity index (χ0n) is 23.5. The second-order valence-electron chi connectivity index (χ2n) is 10.0. The van der Waals surface area contributed by atoms with Crippen molar-refractivity contribution < 1.29 is 18.0 Å². The van der Waals surface area contributed by atoms with Gasteiger partial charge in [-0.25, -0.2) is 9.97 Å². The molecule has 2 aromatic heterocycles. The van der Waals surface area contributed by atoms with Crippen LogP contribution in [0.3, 0.4) is 0 Å². The van der Waals surface area contributed by atoms with Gasteiger partial charge in [0.15, 0.2) is 5.82 Å². The molecule has 214 valence electrons. The fraction of sp³-hybridized carbons (Fsp3) is 0.300. The molecule has 2 heterocycles. The summed E-state index contributed by atoms with van der Waals surface area (Å²) in [5.41, 5.74) is 3.08. The van der Waals surface area contributed by atoms with Crippen LogP contribution in [0.15, 0.2) is 67.0 Å². The fourth-order valence-corrected chi connectivity index (χ4v) is 4.29. The molecule has 0 aliphatic rings. The van der Waals surface area contributed by atoms with Crippen LogP contribution in [0.25, 0.3) is 11.3 Å². The van der Waals surface area contributed by atoms with E-state index in [1.807, 2.05) is 65.0 Å². The Morgan fingerprint density at radius 1 is 0.902 bits per heavy atom. The number of carbonyl (C=O) groups excluding carboxylic acids is 1. The van der Waals surface area contributed by atoms with Gasteiger partial charge < -0.3 is 15.5 Å². The van der Waals surface area contributed by atoms with Crippen molar-refractivity contribution in [1.82, 2.24) is 20.2 Å². The number of rotatable bonds is 9. The minimum atomic E-state index is -4.39. The van der Waals surface area contributed by atoms with Gasteiger partial charge in [0.25, 0.3) is 5.91 Å². The lowest BCUT2D eigenvalue weighted by molar-refractivity contribution is -0.137. The van der Waals surface area contributed by atoms with Crippen molar-refractivity contribution in [1.29, 1.82) is 0 Å². The average Bonchev–Trinajstić information content (AvgIpc) is 2.94. The van der Waals surface area contributed by atoms with Crippen LogP contribution in [-0.2, 0) is 6.18 Å². The molecule has 8 nitrogen and oxygen atoms in total. The standard InChI is InChI=1S/C30H32F3N7O/c1-18(2)40(24-9-7-6-8-10-24)29(41)25-16-35-26(17-34-25)37-19(3)15-36-28-21(5)20(4)27(38-39-28)22-11-13-23(14-12-22)30(31,32)33/h6-14,16-19H,15H2,1-5H3,(H,35,37)(H,36,39)/t19-/m1/s1. The van der Waals surface area contributed by atoms with Crippen molar-refractivity contribution in [2.45, 2.75) is 52.9 Å². The summed E-state index contributed by atoms with van der Waals surface area (Å²) in [5.74, 6) is 0.862. The van der Waals surface area contributed by atoms with E-state index in [-0.39, 0.29) is 23.7 Å². The van der Waals surface area contributed by atoms with Gasteiger partial charge in [-0.3, -0.25) is 4.79 Å². The lowest BCUT2D eigenvalue weighted by Crippen LogP contribution is -2.37. The quantitative estimate of drug-likeness (QED) is 0.239. The normalized spacial score (nSPS) is 12.2. The first-order valence-corrected chi connectivity index (χ1v) is 13.2. The van der Waals surface area contributed by atoms with Crippen LogP contribution in [-0.4, -0.2) is 44.7 Å². The summed E-state index contributed by atoms with van der Waals surface area (Å²) >= 11 is 0. The van der Waals surface area contributed by atoms with Crippen molar-refractivity contribution in [3.05, 3.63) is 89.4 Å². The van der Waals surface area contributed by atoms with E-state index in [9.17, 15) is 18.0 Å². The Balaban J connectivity index is 1.37. The van der Waals surface area contributed by atoms with E-state index in [0.29, 0.717) is 29.4 Å². The third-order valence-corrected chi connectivity index (χ3v) is 6.62. The smallest absolute Gasteiger partial charge is 0.366 e. The highest BCUT2D eigenvalue weighted by atomic mass is 19.4. The topological polar surface area (TPSA) is 95.9 Å². The number of carbonyl (C=O) groups is 1. The molecule has 0 fully saturated rings. The fourth-order valence-electron chi connectivity index (χ4n) is 4.29. The van der Waals surface area contributed by atoms with E-state index in [0.717, 1.165) is 28.9 Å². The Morgan fingerprint density at radius 3 is 2.17 bits per heavy atom. The molecule has 4 aromatic rings. The number of para-hydroxylation sites is 1. The number of hydrogen-bond donors (Lipinski definition) is 2. The summed E-state index contributed by atoms with van der Waals surface area (Å²) < 4.78 is 38.7. The Kier molecular flexibility index (Phi) is 8.85. The van der Waals surface area contributed by atoms with E-state index in [4.69, 9.17) is 0 Å². The molecule has 1 amide bonds. The molecule has 2 N–H and O–H groups in total. The molecule has 1 atom stereocenters. The van der Waals surface area contributed by atoms with Gasteiger partial charge >= 0.3 is 6.18 Å². The Morgan fingerprint density at radius 2 is 1.59 bits per heavy atom. The van der Waals surface area contributed by atoms with Crippen LogP contribution < -0.4 is 15.5 Å². The summed E-state index contributed by atoms with van der Waals surface area (Å²) in [6, 6.07) is 14.2. The molecular weight excluding hydrogens is 531 g/mol. The van der Waals surface area contributed by atoms with Crippen molar-refractivity contribution >= 4 is 23.2 Å². The van der Waals surface area contributed by atoms with E-state index < -0.39 is 11.7 Å². The van der Waals surface area contributed by atoms with Gasteiger partial charge in [-0.15, -0.1) is 10.2 Å². The molecule has 0 aliphatic heterocycles. The van der Waals surface area contributed by atoms with E-state index >= 15 is 0 Å². The van der Waals surface area contributed by atoms with Crippen LogP contribution in [0.2, 0.25) is 0 Å². The van der Waals surface area contributed by atoms with Crippen LogP contribution in [0.1, 0.15) is 48.0 Å². The largest absolute Gasteiger partial charge is 0.416 e. The first-order valence-electron chi connectivity index (χ1n) is 13.2. The maximum absolute atomic E-state index is 13.1. The summed E-state index contributed by atoms with van der Waals surface area (Å²) in [6.07, 6.45) is -1.40. The second kappa shape index (κ2) is 12.3. The number of amides is 1. The Labute approximate surface area is 237 Å². The van der Waals surface area contributed by atoms with Gasteiger partial charge in [-0.1, -0.05) is 30.3 Å². The van der Waals surface area contributed by atoms with Crippen LogP contribution in [0.4, 0.5) is 30.5 Å². The van der Waals surface area contributed by atoms with Gasteiger partial charge in [0.05, 0.1) is 23.7 Å². The molecule has 0 radical (unpaired) electrons. The zero-order chi connectivity index (χ0) is 29.7. The number of anilines is 3. The van der Waals surface area contributed by atoms with Gasteiger partial charge in [0.1, 0.15) is 11.5 Å².